The maximum atomic E-state index is 13.4. The summed E-state index contributed by atoms with van der Waals surface area (Å²) in [4.78, 5) is 20.1. The summed E-state index contributed by atoms with van der Waals surface area (Å²) >= 11 is 0. The molecule has 180 valence electrons. The van der Waals surface area contributed by atoms with Gasteiger partial charge >= 0.3 is 6.18 Å². The van der Waals surface area contributed by atoms with E-state index in [0.29, 0.717) is 18.5 Å². The van der Waals surface area contributed by atoms with Crippen molar-refractivity contribution in [3.05, 3.63) is 59.7 Å². The molecule has 34 heavy (non-hydrogen) atoms. The van der Waals surface area contributed by atoms with Crippen LogP contribution in [-0.4, -0.2) is 34.1 Å². The molecule has 0 spiro atoms. The van der Waals surface area contributed by atoms with Crippen LogP contribution >= 0.6 is 0 Å². The zero-order valence-corrected chi connectivity index (χ0v) is 18.7. The van der Waals surface area contributed by atoms with E-state index in [-0.39, 0.29) is 35.1 Å². The first-order valence-electron chi connectivity index (χ1n) is 10.5. The molecule has 13 heteroatoms. The standard InChI is InChI=1S/C21H21F3N6O3S/c22-21(23,24)19-16-5-2-1-3-6-17(16)30(28-19)13-18(31)27-14-7-9-15(10-8-14)34(32,33)29-20-25-11-4-12-26-20/h4,7-12H,1-3,5-6,13H2,(H,27,31)(H,25,26,29). The zero-order chi connectivity index (χ0) is 24.3. The number of halogens is 3. The molecule has 9 nitrogen and oxygen atoms in total. The van der Waals surface area contributed by atoms with Gasteiger partial charge in [0.25, 0.3) is 10.0 Å². The van der Waals surface area contributed by atoms with Crippen molar-refractivity contribution in [2.75, 3.05) is 10.0 Å². The molecule has 0 atom stereocenters. The van der Waals surface area contributed by atoms with E-state index in [9.17, 15) is 26.4 Å². The molecule has 2 aromatic heterocycles. The Morgan fingerprint density at radius 2 is 1.71 bits per heavy atom. The molecule has 1 aromatic carbocycles. The average molecular weight is 494 g/mol. The molecular formula is C21H21F3N6O3S. The molecule has 0 fully saturated rings. The fourth-order valence-corrected chi connectivity index (χ4v) is 4.75. The van der Waals surface area contributed by atoms with Crippen molar-refractivity contribution < 1.29 is 26.4 Å². The van der Waals surface area contributed by atoms with Gasteiger partial charge in [-0.2, -0.15) is 18.3 Å². The van der Waals surface area contributed by atoms with Gasteiger partial charge in [-0.1, -0.05) is 6.42 Å². The van der Waals surface area contributed by atoms with Crippen LogP contribution in [0.15, 0.2) is 47.6 Å². The summed E-state index contributed by atoms with van der Waals surface area (Å²) in [5, 5.41) is 6.27. The summed E-state index contributed by atoms with van der Waals surface area (Å²) in [5.74, 6) is -0.661. The van der Waals surface area contributed by atoms with E-state index in [2.05, 4.69) is 25.1 Å². The maximum Gasteiger partial charge on any atom is 0.435 e. The minimum absolute atomic E-state index is 0.0785. The van der Waals surface area contributed by atoms with E-state index in [1.54, 1.807) is 6.07 Å². The smallest absolute Gasteiger partial charge is 0.324 e. The van der Waals surface area contributed by atoms with E-state index >= 15 is 0 Å². The first-order chi connectivity index (χ1) is 16.1. The molecule has 0 saturated heterocycles. The number of rotatable bonds is 6. The topological polar surface area (TPSA) is 119 Å². The lowest BCUT2D eigenvalue weighted by Gasteiger charge is -2.10. The number of hydrogen-bond acceptors (Lipinski definition) is 6. The zero-order valence-electron chi connectivity index (χ0n) is 17.8. The molecule has 1 aliphatic carbocycles. The molecule has 0 bridgehead atoms. The number of alkyl halides is 3. The van der Waals surface area contributed by atoms with Crippen molar-refractivity contribution >= 4 is 27.6 Å². The van der Waals surface area contributed by atoms with Gasteiger partial charge in [0.05, 0.1) is 4.90 Å². The molecule has 4 rings (SSSR count). The van der Waals surface area contributed by atoms with Crippen molar-refractivity contribution in [2.24, 2.45) is 0 Å². The predicted octanol–water partition coefficient (Wildman–Crippen LogP) is 3.40. The normalized spacial score (nSPS) is 14.2. The fraction of sp³-hybridized carbons (Fsp3) is 0.333. The lowest BCUT2D eigenvalue weighted by molar-refractivity contribution is -0.142. The lowest BCUT2D eigenvalue weighted by atomic mass is 10.1. The molecule has 3 aromatic rings. The van der Waals surface area contributed by atoms with Crippen LogP contribution in [0.3, 0.4) is 0 Å². The van der Waals surface area contributed by atoms with Gasteiger partial charge in [-0.15, -0.1) is 0 Å². The minimum atomic E-state index is -4.59. The van der Waals surface area contributed by atoms with Gasteiger partial charge in [-0.25, -0.2) is 23.1 Å². The van der Waals surface area contributed by atoms with Gasteiger partial charge in [-0.3, -0.25) is 9.48 Å². The molecule has 1 aliphatic rings. The highest BCUT2D eigenvalue weighted by Crippen LogP contribution is 2.35. The van der Waals surface area contributed by atoms with Crippen LogP contribution in [-0.2, 0) is 40.4 Å². The maximum absolute atomic E-state index is 13.4. The highest BCUT2D eigenvalue weighted by Gasteiger charge is 2.39. The van der Waals surface area contributed by atoms with Crippen molar-refractivity contribution in [1.29, 1.82) is 0 Å². The quantitative estimate of drug-likeness (QED) is 0.507. The Morgan fingerprint density at radius 3 is 2.38 bits per heavy atom. The Hall–Kier alpha value is -3.48. The van der Waals surface area contributed by atoms with Gasteiger partial charge < -0.3 is 5.32 Å². The van der Waals surface area contributed by atoms with Crippen LogP contribution in [0.4, 0.5) is 24.8 Å². The number of anilines is 2. The third-order valence-corrected chi connectivity index (χ3v) is 6.65. The monoisotopic (exact) mass is 494 g/mol. The molecule has 0 radical (unpaired) electrons. The first-order valence-corrected chi connectivity index (χ1v) is 12.0. The summed E-state index contributed by atoms with van der Waals surface area (Å²) in [6.45, 7) is -0.384. The first kappa shape index (κ1) is 23.7. The number of nitrogens with one attached hydrogen (secondary N) is 2. The molecular weight excluding hydrogens is 473 g/mol. The average Bonchev–Trinajstić information content (AvgIpc) is 2.95. The summed E-state index contributed by atoms with van der Waals surface area (Å²) < 4.78 is 68.6. The molecule has 2 N–H and O–H groups in total. The fourth-order valence-electron chi connectivity index (χ4n) is 3.79. The third kappa shape index (κ3) is 5.35. The Kier molecular flexibility index (Phi) is 6.55. The van der Waals surface area contributed by atoms with Gasteiger partial charge in [0.15, 0.2) is 5.69 Å². The van der Waals surface area contributed by atoms with Gasteiger partial charge in [0.2, 0.25) is 11.9 Å². The van der Waals surface area contributed by atoms with Crippen molar-refractivity contribution in [2.45, 2.75) is 49.7 Å². The second-order valence-electron chi connectivity index (χ2n) is 7.74. The van der Waals surface area contributed by atoms with E-state index in [4.69, 9.17) is 0 Å². The number of fused-ring (bicyclic) bond motifs is 1. The van der Waals surface area contributed by atoms with Crippen LogP contribution in [0.1, 0.15) is 36.2 Å². The highest BCUT2D eigenvalue weighted by atomic mass is 32.2. The molecule has 2 heterocycles. The Bertz CT molecular complexity index is 1280. The largest absolute Gasteiger partial charge is 0.435 e. The summed E-state index contributed by atoms with van der Waals surface area (Å²) in [6, 6.07) is 6.86. The summed E-state index contributed by atoms with van der Waals surface area (Å²) in [7, 11) is -3.94. The highest BCUT2D eigenvalue weighted by molar-refractivity contribution is 7.92. The van der Waals surface area contributed by atoms with Crippen LogP contribution < -0.4 is 10.0 Å². The SMILES string of the molecule is O=C(Cn1nc(C(F)(F)F)c2c1CCCCC2)Nc1ccc(S(=O)(=O)Nc2ncccn2)cc1. The molecule has 0 aliphatic heterocycles. The summed E-state index contributed by atoms with van der Waals surface area (Å²) in [5.41, 5.74) is -0.0336. The molecule has 0 saturated carbocycles. The van der Waals surface area contributed by atoms with Gasteiger partial charge in [0.1, 0.15) is 6.54 Å². The van der Waals surface area contributed by atoms with Crippen molar-refractivity contribution in [1.82, 2.24) is 19.7 Å². The van der Waals surface area contributed by atoms with Crippen LogP contribution in [0, 0.1) is 0 Å². The van der Waals surface area contributed by atoms with Crippen LogP contribution in [0.5, 0.6) is 0 Å². The van der Waals surface area contributed by atoms with Crippen molar-refractivity contribution in [3.63, 3.8) is 0 Å². The second kappa shape index (κ2) is 9.41. The minimum Gasteiger partial charge on any atom is -0.324 e. The molecule has 1 amide bonds. The Labute approximate surface area is 193 Å². The predicted molar refractivity (Wildman–Crippen MR) is 116 cm³/mol. The van der Waals surface area contributed by atoms with Gasteiger partial charge in [-0.05, 0) is 56.0 Å². The van der Waals surface area contributed by atoms with Crippen LogP contribution in [0.2, 0.25) is 0 Å². The number of carbonyl (C=O) groups excluding carboxylic acids is 1. The summed E-state index contributed by atoms with van der Waals surface area (Å²) in [6.07, 6.45) is 1.10. The van der Waals surface area contributed by atoms with E-state index in [1.807, 2.05) is 0 Å². The number of hydrogen-bond donors (Lipinski definition) is 2. The number of aromatic nitrogens is 4. The Morgan fingerprint density at radius 1 is 1.03 bits per heavy atom. The van der Waals surface area contributed by atoms with Crippen molar-refractivity contribution in [3.8, 4) is 0 Å². The number of sulfonamides is 1. The molecule has 0 unspecified atom stereocenters. The number of nitrogens with zero attached hydrogens (tertiary/aromatic N) is 4. The lowest BCUT2D eigenvalue weighted by Crippen LogP contribution is -2.21. The van der Waals surface area contributed by atoms with E-state index in [0.717, 1.165) is 17.5 Å². The Balaban J connectivity index is 1.46. The van der Waals surface area contributed by atoms with E-state index < -0.39 is 27.8 Å². The number of carbonyl (C=O) groups is 1. The van der Waals surface area contributed by atoms with Gasteiger partial charge in [0, 0.05) is 29.3 Å². The second-order valence-corrected chi connectivity index (χ2v) is 9.42. The van der Waals surface area contributed by atoms with E-state index in [1.165, 1.54) is 36.7 Å². The third-order valence-electron chi connectivity index (χ3n) is 5.31. The van der Waals surface area contributed by atoms with Crippen LogP contribution in [0.25, 0.3) is 0 Å². The number of amides is 1. The number of benzene rings is 1.